The molecule has 1 aromatic carbocycles. The van der Waals surface area contributed by atoms with Crippen molar-refractivity contribution in [1.29, 1.82) is 0 Å². The van der Waals surface area contributed by atoms with Crippen LogP contribution in [-0.4, -0.2) is 40.1 Å². The van der Waals surface area contributed by atoms with Crippen molar-refractivity contribution in [3.63, 3.8) is 0 Å². The number of nitrogens with zero attached hydrogens (tertiary/aromatic N) is 3. The summed E-state index contributed by atoms with van der Waals surface area (Å²) in [5.74, 6) is -1.52. The number of esters is 1. The van der Waals surface area contributed by atoms with E-state index < -0.39 is 30.3 Å². The van der Waals surface area contributed by atoms with E-state index in [0.29, 0.717) is 10.1 Å². The molecule has 0 unspecified atom stereocenters. The Morgan fingerprint density at radius 1 is 1.14 bits per heavy atom. The first-order valence-electron chi connectivity index (χ1n) is 8.51. The smallest absolute Gasteiger partial charge is 0.433 e. The van der Waals surface area contributed by atoms with E-state index in [9.17, 15) is 22.8 Å². The van der Waals surface area contributed by atoms with E-state index in [1.165, 1.54) is 0 Å². The molecule has 0 aliphatic heterocycles. The van der Waals surface area contributed by atoms with Crippen LogP contribution in [0.15, 0.2) is 30.3 Å². The summed E-state index contributed by atoms with van der Waals surface area (Å²) in [5.41, 5.74) is 1.02. The molecule has 2 heterocycles. The third-order valence-corrected chi connectivity index (χ3v) is 4.37. The minimum atomic E-state index is -4.72. The highest BCUT2D eigenvalue weighted by atomic mass is 19.4. The number of benzene rings is 1. The van der Waals surface area contributed by atoms with Gasteiger partial charge >= 0.3 is 12.1 Å². The first-order valence-corrected chi connectivity index (χ1v) is 8.51. The van der Waals surface area contributed by atoms with Gasteiger partial charge in [-0.15, -0.1) is 0 Å². The Labute approximate surface area is 163 Å². The van der Waals surface area contributed by atoms with Crippen LogP contribution in [0.4, 0.5) is 13.2 Å². The summed E-state index contributed by atoms with van der Waals surface area (Å²) >= 11 is 0. The molecule has 3 aromatic rings. The largest absolute Gasteiger partial charge is 0.468 e. The minimum Gasteiger partial charge on any atom is -0.468 e. The summed E-state index contributed by atoms with van der Waals surface area (Å²) < 4.78 is 45.8. The Hall–Kier alpha value is -3.43. The van der Waals surface area contributed by atoms with Crippen molar-refractivity contribution in [3.05, 3.63) is 52.8 Å². The van der Waals surface area contributed by atoms with Gasteiger partial charge in [-0.2, -0.15) is 18.3 Å². The summed E-state index contributed by atoms with van der Waals surface area (Å²) in [6.07, 6.45) is -4.72. The maximum absolute atomic E-state index is 13.6. The molecule has 0 atom stereocenters. The van der Waals surface area contributed by atoms with E-state index >= 15 is 0 Å². The number of aromatic nitrogens is 3. The van der Waals surface area contributed by atoms with Gasteiger partial charge in [0.1, 0.15) is 6.54 Å². The average Bonchev–Trinajstić information content (AvgIpc) is 3.10. The fourth-order valence-corrected chi connectivity index (χ4v) is 2.65. The topological polar surface area (TPSA) is 85.6 Å². The van der Waals surface area contributed by atoms with Gasteiger partial charge in [0.25, 0.3) is 5.91 Å². The maximum atomic E-state index is 13.6. The van der Waals surface area contributed by atoms with Gasteiger partial charge in [0.05, 0.1) is 12.8 Å². The van der Waals surface area contributed by atoms with Gasteiger partial charge in [-0.25, -0.2) is 9.50 Å². The molecule has 29 heavy (non-hydrogen) atoms. The number of aryl methyl sites for hydroxylation is 2. The third-order valence-electron chi connectivity index (χ3n) is 4.37. The Morgan fingerprint density at radius 3 is 2.48 bits per heavy atom. The van der Waals surface area contributed by atoms with E-state index in [1.807, 2.05) is 13.8 Å². The van der Waals surface area contributed by atoms with Gasteiger partial charge in [0.15, 0.2) is 17.0 Å². The molecular formula is C19H17F3N4O3. The summed E-state index contributed by atoms with van der Waals surface area (Å²) in [5, 5.41) is 5.95. The number of halogens is 3. The molecule has 0 aliphatic rings. The van der Waals surface area contributed by atoms with Gasteiger partial charge in [-0.05, 0) is 37.1 Å². The molecule has 10 heteroatoms. The average molecular weight is 406 g/mol. The molecule has 0 bridgehead atoms. The Balaban J connectivity index is 2.09. The van der Waals surface area contributed by atoms with Gasteiger partial charge < -0.3 is 10.1 Å². The molecule has 0 fully saturated rings. The third kappa shape index (κ3) is 4.20. The quantitative estimate of drug-likeness (QED) is 0.674. The number of ether oxygens (including phenoxy) is 1. The van der Waals surface area contributed by atoms with Crippen LogP contribution in [0.3, 0.4) is 0 Å². The van der Waals surface area contributed by atoms with Crippen LogP contribution >= 0.6 is 0 Å². The zero-order valence-corrected chi connectivity index (χ0v) is 15.8. The fourth-order valence-electron chi connectivity index (χ4n) is 2.65. The summed E-state index contributed by atoms with van der Waals surface area (Å²) in [7, 11) is 1.15. The lowest BCUT2D eigenvalue weighted by Gasteiger charge is -2.11. The number of carbonyl (C=O) groups excluding carboxylic acids is 2. The van der Waals surface area contributed by atoms with E-state index in [0.717, 1.165) is 30.4 Å². The lowest BCUT2D eigenvalue weighted by molar-refractivity contribution is -0.142. The van der Waals surface area contributed by atoms with Crippen molar-refractivity contribution < 1.29 is 27.5 Å². The number of fused-ring (bicyclic) bond motifs is 1. The van der Waals surface area contributed by atoms with Gasteiger partial charge in [0, 0.05) is 11.6 Å². The Kier molecular flexibility index (Phi) is 5.27. The number of alkyl halides is 3. The predicted molar refractivity (Wildman–Crippen MR) is 97.2 cm³/mol. The van der Waals surface area contributed by atoms with Crippen LogP contribution in [0.25, 0.3) is 16.9 Å². The monoisotopic (exact) mass is 406 g/mol. The summed E-state index contributed by atoms with van der Waals surface area (Å²) in [6.45, 7) is 3.31. The van der Waals surface area contributed by atoms with Crippen molar-refractivity contribution >= 4 is 17.5 Å². The molecular weight excluding hydrogens is 389 g/mol. The molecule has 2 aromatic heterocycles. The number of nitrogens with one attached hydrogen (secondary N) is 1. The molecule has 0 saturated heterocycles. The van der Waals surface area contributed by atoms with Gasteiger partial charge in [0.2, 0.25) is 0 Å². The molecule has 0 aliphatic carbocycles. The number of rotatable bonds is 4. The zero-order chi connectivity index (χ0) is 21.3. The molecule has 3 rings (SSSR count). The van der Waals surface area contributed by atoms with Gasteiger partial charge in [-0.1, -0.05) is 12.1 Å². The number of methoxy groups -OCH3 is 1. The highest BCUT2D eigenvalue weighted by Gasteiger charge is 2.35. The van der Waals surface area contributed by atoms with Crippen molar-refractivity contribution in [3.8, 4) is 11.3 Å². The zero-order valence-electron chi connectivity index (χ0n) is 15.8. The predicted octanol–water partition coefficient (Wildman–Crippen LogP) is 2.93. The van der Waals surface area contributed by atoms with E-state index in [-0.39, 0.29) is 17.0 Å². The van der Waals surface area contributed by atoms with Crippen LogP contribution in [0.1, 0.15) is 27.3 Å². The van der Waals surface area contributed by atoms with Crippen molar-refractivity contribution in [2.24, 2.45) is 0 Å². The highest BCUT2D eigenvalue weighted by molar-refractivity contribution is 5.95. The molecule has 1 N–H and O–H groups in total. The van der Waals surface area contributed by atoms with Crippen LogP contribution in [0.2, 0.25) is 0 Å². The van der Waals surface area contributed by atoms with Crippen molar-refractivity contribution in [1.82, 2.24) is 19.9 Å². The number of hydrogen-bond acceptors (Lipinski definition) is 5. The second-order valence-electron chi connectivity index (χ2n) is 6.38. The summed E-state index contributed by atoms with van der Waals surface area (Å²) in [6, 6.07) is 7.24. The molecule has 0 spiro atoms. The van der Waals surface area contributed by atoms with Crippen molar-refractivity contribution in [2.45, 2.75) is 20.0 Å². The molecule has 7 nitrogen and oxygen atoms in total. The standard InChI is InChI=1S/C19H17F3N4O3/c1-10-4-5-12(6-11(10)2)13-7-15(19(20,21)22)26-16(24-13)8-14(25-26)18(28)23-9-17(27)29-3/h4-8H,9H2,1-3H3,(H,23,28). The second kappa shape index (κ2) is 7.53. The van der Waals surface area contributed by atoms with Crippen LogP contribution in [-0.2, 0) is 15.7 Å². The van der Waals surface area contributed by atoms with Crippen LogP contribution in [0, 0.1) is 13.8 Å². The fraction of sp³-hybridized carbons (Fsp3) is 0.263. The number of amides is 1. The Bertz CT molecular complexity index is 1110. The molecule has 152 valence electrons. The number of carbonyl (C=O) groups is 2. The molecule has 1 amide bonds. The number of hydrogen-bond donors (Lipinski definition) is 1. The van der Waals surface area contributed by atoms with Crippen LogP contribution in [0.5, 0.6) is 0 Å². The SMILES string of the molecule is COC(=O)CNC(=O)c1cc2nc(-c3ccc(C)c(C)c3)cc(C(F)(F)F)n2n1. The van der Waals surface area contributed by atoms with E-state index in [1.54, 1.807) is 18.2 Å². The summed E-state index contributed by atoms with van der Waals surface area (Å²) in [4.78, 5) is 27.5. The Morgan fingerprint density at radius 2 is 1.86 bits per heavy atom. The second-order valence-corrected chi connectivity index (χ2v) is 6.38. The lowest BCUT2D eigenvalue weighted by atomic mass is 10.0. The maximum Gasteiger partial charge on any atom is 0.433 e. The normalized spacial score (nSPS) is 11.5. The van der Waals surface area contributed by atoms with Crippen LogP contribution < -0.4 is 5.32 Å². The first-order chi connectivity index (χ1) is 13.6. The minimum absolute atomic E-state index is 0.106. The van der Waals surface area contributed by atoms with Crippen molar-refractivity contribution in [2.75, 3.05) is 13.7 Å². The lowest BCUT2D eigenvalue weighted by Crippen LogP contribution is -2.30. The highest BCUT2D eigenvalue weighted by Crippen LogP contribution is 2.32. The van der Waals surface area contributed by atoms with Gasteiger partial charge in [-0.3, -0.25) is 9.59 Å². The van der Waals surface area contributed by atoms with E-state index in [4.69, 9.17) is 0 Å². The molecule has 0 radical (unpaired) electrons. The van der Waals surface area contributed by atoms with E-state index in [2.05, 4.69) is 20.1 Å². The first kappa shape index (κ1) is 20.3. The molecule has 0 saturated carbocycles.